The number of aromatic nitrogens is 1. The molecule has 1 aliphatic heterocycles. The Bertz CT molecular complexity index is 585. The highest BCUT2D eigenvalue weighted by Gasteiger charge is 2.44. The van der Waals surface area contributed by atoms with Gasteiger partial charge in [0.05, 0.1) is 0 Å². The third-order valence-corrected chi connectivity index (χ3v) is 4.13. The first-order valence-electron chi connectivity index (χ1n) is 5.45. The Morgan fingerprint density at radius 1 is 1.44 bits per heavy atom. The summed E-state index contributed by atoms with van der Waals surface area (Å²) in [4.78, 5) is 12.9. The monoisotopic (exact) mass is 261 g/mol. The molecule has 0 saturated carbocycles. The second-order valence-corrected chi connectivity index (χ2v) is 4.99. The van der Waals surface area contributed by atoms with Crippen molar-refractivity contribution in [1.82, 2.24) is 9.88 Å². The third kappa shape index (κ3) is 1.61. The number of nitrogens with zero attached hydrogens (tertiary/aromatic N) is 1. The maximum atomic E-state index is 11.8. The van der Waals surface area contributed by atoms with Gasteiger partial charge in [0.15, 0.2) is 5.54 Å². The lowest BCUT2D eigenvalue weighted by molar-refractivity contribution is -0.124. The predicted molar refractivity (Wildman–Crippen MR) is 66.5 cm³/mol. The van der Waals surface area contributed by atoms with Gasteiger partial charge in [-0.25, -0.2) is 4.72 Å². The number of hydrogen-bond acceptors (Lipinski definition) is 5. The lowest BCUT2D eigenvalue weighted by atomic mass is 9.87. The van der Waals surface area contributed by atoms with Crippen molar-refractivity contribution in [2.75, 3.05) is 0 Å². The first kappa shape index (κ1) is 11.3. The number of fused-ring (bicyclic) bond motifs is 1. The zero-order valence-electron chi connectivity index (χ0n) is 9.42. The van der Waals surface area contributed by atoms with E-state index >= 15 is 0 Å². The molecule has 1 aliphatic rings. The minimum atomic E-state index is -1.01. The van der Waals surface area contributed by atoms with Crippen LogP contribution >= 0.6 is 11.9 Å². The Kier molecular flexibility index (Phi) is 2.61. The van der Waals surface area contributed by atoms with E-state index in [1.165, 1.54) is 18.2 Å². The molecular weight excluding hydrogens is 250 g/mol. The Balaban J connectivity index is 2.08. The average Bonchev–Trinajstić information content (AvgIpc) is 2.92. The van der Waals surface area contributed by atoms with Gasteiger partial charge in [-0.05, 0) is 23.6 Å². The Labute approximate surface area is 108 Å². The molecule has 0 fully saturated rings. The van der Waals surface area contributed by atoms with Crippen LogP contribution in [0.15, 0.2) is 46.0 Å². The van der Waals surface area contributed by atoms with Gasteiger partial charge in [-0.15, -0.1) is 0 Å². The second-order valence-electron chi connectivity index (χ2n) is 4.14. The molecule has 6 heteroatoms. The van der Waals surface area contributed by atoms with Crippen LogP contribution in [0.5, 0.6) is 0 Å². The smallest absolute Gasteiger partial charge is 0.245 e. The van der Waals surface area contributed by atoms with Crippen molar-refractivity contribution < 1.29 is 9.32 Å². The summed E-state index contributed by atoms with van der Waals surface area (Å²) in [7, 11) is 0. The van der Waals surface area contributed by atoms with Gasteiger partial charge in [0.1, 0.15) is 12.0 Å². The maximum absolute atomic E-state index is 11.8. The van der Waals surface area contributed by atoms with Crippen LogP contribution in [0.3, 0.4) is 0 Å². The first-order chi connectivity index (χ1) is 8.72. The molecule has 18 heavy (non-hydrogen) atoms. The number of amides is 1. The summed E-state index contributed by atoms with van der Waals surface area (Å²) in [6, 6.07) is 9.55. The largest absolute Gasteiger partial charge is 0.368 e. The van der Waals surface area contributed by atoms with E-state index in [-0.39, 0.29) is 0 Å². The van der Waals surface area contributed by atoms with Gasteiger partial charge in [-0.1, -0.05) is 23.4 Å². The predicted octanol–water partition coefficient (Wildman–Crippen LogP) is 1.21. The highest BCUT2D eigenvalue weighted by molar-refractivity contribution is 7.97. The number of nitrogens with two attached hydrogens (primary N) is 1. The molecule has 0 aliphatic carbocycles. The van der Waals surface area contributed by atoms with Crippen molar-refractivity contribution in [3.8, 4) is 0 Å². The van der Waals surface area contributed by atoms with E-state index in [9.17, 15) is 4.79 Å². The second kappa shape index (κ2) is 4.15. The molecule has 3 N–H and O–H groups in total. The normalized spacial score (nSPS) is 22.4. The van der Waals surface area contributed by atoms with Crippen molar-refractivity contribution in [2.45, 2.75) is 16.9 Å². The number of benzene rings is 1. The summed E-state index contributed by atoms with van der Waals surface area (Å²) in [6.07, 6.45) is 1.91. The minimum Gasteiger partial charge on any atom is -0.368 e. The molecule has 0 saturated heterocycles. The van der Waals surface area contributed by atoms with Crippen LogP contribution in [-0.2, 0) is 16.8 Å². The quantitative estimate of drug-likeness (QED) is 0.794. The molecule has 1 aromatic carbocycles. The third-order valence-electron chi connectivity index (χ3n) is 3.06. The molecule has 2 aromatic rings. The molecule has 1 unspecified atom stereocenters. The van der Waals surface area contributed by atoms with Crippen LogP contribution in [0, 0.1) is 0 Å². The van der Waals surface area contributed by atoms with E-state index in [0.717, 1.165) is 10.5 Å². The van der Waals surface area contributed by atoms with E-state index in [2.05, 4.69) is 9.88 Å². The highest BCUT2D eigenvalue weighted by Crippen LogP contribution is 2.37. The maximum Gasteiger partial charge on any atom is 0.245 e. The van der Waals surface area contributed by atoms with Crippen LogP contribution in [0.1, 0.15) is 11.3 Å². The fourth-order valence-electron chi connectivity index (χ4n) is 2.05. The lowest BCUT2D eigenvalue weighted by Gasteiger charge is -2.33. The summed E-state index contributed by atoms with van der Waals surface area (Å²) in [5.74, 6) is -0.460. The number of carbonyl (C=O) groups excluding carboxylic acids is 1. The molecule has 92 valence electrons. The molecule has 1 atom stereocenters. The molecule has 1 aromatic heterocycles. The molecule has 1 amide bonds. The standard InChI is InChI=1S/C12H11N3O2S/c13-11(16)12(10-5-6-17-14-10)7-8-3-1-2-4-9(8)18-15-12/h1-6,15H,7H2,(H2,13,16). The number of primary amides is 1. The van der Waals surface area contributed by atoms with Crippen molar-refractivity contribution in [3.63, 3.8) is 0 Å². The average molecular weight is 261 g/mol. The summed E-state index contributed by atoms with van der Waals surface area (Å²) < 4.78 is 7.93. The van der Waals surface area contributed by atoms with Crippen LogP contribution in [0.25, 0.3) is 0 Å². The van der Waals surface area contributed by atoms with Gasteiger partial charge >= 0.3 is 0 Å². The summed E-state index contributed by atoms with van der Waals surface area (Å²) in [5.41, 5.74) is 6.13. The summed E-state index contributed by atoms with van der Waals surface area (Å²) >= 11 is 1.39. The van der Waals surface area contributed by atoms with Gasteiger partial charge in [-0.3, -0.25) is 4.79 Å². The molecule has 5 nitrogen and oxygen atoms in total. The number of nitrogens with one attached hydrogen (secondary N) is 1. The van der Waals surface area contributed by atoms with Gasteiger partial charge in [0.2, 0.25) is 5.91 Å². The Morgan fingerprint density at radius 2 is 2.28 bits per heavy atom. The van der Waals surface area contributed by atoms with Crippen LogP contribution in [-0.4, -0.2) is 11.1 Å². The fraction of sp³-hybridized carbons (Fsp3) is 0.167. The molecule has 0 spiro atoms. The Hall–Kier alpha value is -1.79. The topological polar surface area (TPSA) is 81.2 Å². The Morgan fingerprint density at radius 3 is 3.00 bits per heavy atom. The zero-order chi connectivity index (χ0) is 12.6. The van der Waals surface area contributed by atoms with Crippen molar-refractivity contribution in [2.24, 2.45) is 5.73 Å². The molecule has 0 bridgehead atoms. The molecular formula is C12H11N3O2S. The minimum absolute atomic E-state index is 0.460. The van der Waals surface area contributed by atoms with Crippen molar-refractivity contribution >= 4 is 17.9 Å². The number of carbonyl (C=O) groups is 1. The van der Waals surface area contributed by atoms with E-state index in [4.69, 9.17) is 10.3 Å². The molecule has 2 heterocycles. The van der Waals surface area contributed by atoms with Crippen molar-refractivity contribution in [3.05, 3.63) is 47.9 Å². The van der Waals surface area contributed by atoms with E-state index < -0.39 is 11.4 Å². The van der Waals surface area contributed by atoms with Crippen LogP contribution in [0.2, 0.25) is 0 Å². The number of rotatable bonds is 2. The van der Waals surface area contributed by atoms with E-state index in [1.54, 1.807) is 6.07 Å². The van der Waals surface area contributed by atoms with Gasteiger partial charge in [0.25, 0.3) is 0 Å². The van der Waals surface area contributed by atoms with Crippen LogP contribution < -0.4 is 10.5 Å². The fourth-order valence-corrected chi connectivity index (χ4v) is 3.03. The summed E-state index contributed by atoms with van der Waals surface area (Å²) in [5, 5.41) is 3.85. The molecule has 0 radical (unpaired) electrons. The van der Waals surface area contributed by atoms with E-state index in [1.807, 2.05) is 24.3 Å². The van der Waals surface area contributed by atoms with Crippen LogP contribution in [0.4, 0.5) is 0 Å². The van der Waals surface area contributed by atoms with Crippen molar-refractivity contribution in [1.29, 1.82) is 0 Å². The summed E-state index contributed by atoms with van der Waals surface area (Å²) in [6.45, 7) is 0. The van der Waals surface area contributed by atoms with Gasteiger partial charge in [0, 0.05) is 17.4 Å². The lowest BCUT2D eigenvalue weighted by Crippen LogP contribution is -2.53. The van der Waals surface area contributed by atoms with Gasteiger partial charge < -0.3 is 10.3 Å². The zero-order valence-corrected chi connectivity index (χ0v) is 10.2. The SMILES string of the molecule is NC(=O)C1(c2ccon2)Cc2ccccc2SN1. The number of hydrogen-bond donors (Lipinski definition) is 2. The van der Waals surface area contributed by atoms with E-state index in [0.29, 0.717) is 12.1 Å². The highest BCUT2D eigenvalue weighted by atomic mass is 32.2. The van der Waals surface area contributed by atoms with Gasteiger partial charge in [-0.2, -0.15) is 0 Å². The first-order valence-corrected chi connectivity index (χ1v) is 6.27. The molecule has 3 rings (SSSR count).